The lowest BCUT2D eigenvalue weighted by Crippen LogP contribution is -2.25. The zero-order valence-electron chi connectivity index (χ0n) is 11.6. The predicted octanol–water partition coefficient (Wildman–Crippen LogP) is 3.68. The Kier molecular flexibility index (Phi) is 6.58. The molecule has 4 nitrogen and oxygen atoms in total. The molecule has 0 aliphatic carbocycles. The van der Waals surface area contributed by atoms with E-state index >= 15 is 0 Å². The molecule has 0 radical (unpaired) electrons. The van der Waals surface area contributed by atoms with Gasteiger partial charge in [0.05, 0.1) is 15.7 Å². The van der Waals surface area contributed by atoms with Gasteiger partial charge in [-0.15, -0.1) is 0 Å². The van der Waals surface area contributed by atoms with Gasteiger partial charge in [-0.25, -0.2) is 13.1 Å². The van der Waals surface area contributed by atoms with E-state index in [1.54, 1.807) is 0 Å². The molecule has 20 heavy (non-hydrogen) atoms. The number of nitrogens with one attached hydrogen (secondary N) is 1. The molecule has 0 atom stereocenters. The Balaban J connectivity index is 2.68. The number of sulfonamides is 1. The lowest BCUT2D eigenvalue weighted by molar-refractivity contribution is 0.530. The Morgan fingerprint density at radius 3 is 2.50 bits per heavy atom. The number of halogens is 2. The summed E-state index contributed by atoms with van der Waals surface area (Å²) in [6.07, 6.45) is 2.85. The number of hydrogen-bond donors (Lipinski definition) is 2. The highest BCUT2D eigenvalue weighted by Crippen LogP contribution is 2.32. The van der Waals surface area contributed by atoms with Crippen molar-refractivity contribution in [3.8, 4) is 0 Å². The van der Waals surface area contributed by atoms with Gasteiger partial charge in [0.2, 0.25) is 10.0 Å². The molecule has 0 saturated carbocycles. The lowest BCUT2D eigenvalue weighted by Gasteiger charge is -2.11. The standard InChI is InChI=1S/C13H20Cl2N2O2S/c1-9(2)5-3-4-8-17-20(18,19)11-7-6-10(14)13(16)12(11)15/h6-7,9,17H,3-5,8,16H2,1-2H3. The monoisotopic (exact) mass is 338 g/mol. The van der Waals surface area contributed by atoms with Gasteiger partial charge in [0.25, 0.3) is 0 Å². The first-order valence-corrected chi connectivity index (χ1v) is 8.72. The summed E-state index contributed by atoms with van der Waals surface area (Å²) in [5, 5.41) is 0.207. The van der Waals surface area contributed by atoms with Crippen LogP contribution in [-0.2, 0) is 10.0 Å². The average Bonchev–Trinajstić information content (AvgIpc) is 2.34. The topological polar surface area (TPSA) is 72.2 Å². The SMILES string of the molecule is CC(C)CCCCNS(=O)(=O)c1ccc(Cl)c(N)c1Cl. The van der Waals surface area contributed by atoms with Gasteiger partial charge in [-0.3, -0.25) is 0 Å². The molecular formula is C13H20Cl2N2O2S. The zero-order valence-corrected chi connectivity index (χ0v) is 13.9. The third kappa shape index (κ3) is 4.81. The van der Waals surface area contributed by atoms with E-state index in [-0.39, 0.29) is 20.6 Å². The third-order valence-corrected chi connectivity index (χ3v) is 5.23. The van der Waals surface area contributed by atoms with Crippen LogP contribution >= 0.6 is 23.2 Å². The highest BCUT2D eigenvalue weighted by Gasteiger charge is 2.20. The van der Waals surface area contributed by atoms with Gasteiger partial charge in [-0.2, -0.15) is 0 Å². The van der Waals surface area contributed by atoms with Crippen LogP contribution in [0.5, 0.6) is 0 Å². The summed E-state index contributed by atoms with van der Waals surface area (Å²) in [5.41, 5.74) is 5.71. The fraction of sp³-hybridized carbons (Fsp3) is 0.538. The zero-order chi connectivity index (χ0) is 15.3. The van der Waals surface area contributed by atoms with Gasteiger partial charge in [-0.05, 0) is 24.5 Å². The summed E-state index contributed by atoms with van der Waals surface area (Å²) in [4.78, 5) is -0.0371. The van der Waals surface area contributed by atoms with Crippen molar-refractivity contribution in [2.24, 2.45) is 5.92 Å². The van der Waals surface area contributed by atoms with E-state index in [0.29, 0.717) is 12.5 Å². The normalized spacial score (nSPS) is 12.1. The van der Waals surface area contributed by atoms with Crippen molar-refractivity contribution >= 4 is 38.9 Å². The first-order valence-electron chi connectivity index (χ1n) is 6.49. The molecule has 0 heterocycles. The van der Waals surface area contributed by atoms with Gasteiger partial charge in [0.15, 0.2) is 0 Å². The molecule has 1 rings (SSSR count). The highest BCUT2D eigenvalue weighted by atomic mass is 35.5. The van der Waals surface area contributed by atoms with Crippen molar-refractivity contribution in [2.75, 3.05) is 12.3 Å². The molecule has 0 unspecified atom stereocenters. The molecule has 0 aliphatic heterocycles. The molecule has 0 bridgehead atoms. The minimum atomic E-state index is -3.65. The maximum absolute atomic E-state index is 12.1. The highest BCUT2D eigenvalue weighted by molar-refractivity contribution is 7.89. The maximum Gasteiger partial charge on any atom is 0.242 e. The van der Waals surface area contributed by atoms with E-state index in [1.807, 2.05) is 0 Å². The fourth-order valence-electron chi connectivity index (χ4n) is 1.72. The molecule has 1 aromatic rings. The van der Waals surface area contributed by atoms with Crippen molar-refractivity contribution in [3.05, 3.63) is 22.2 Å². The lowest BCUT2D eigenvalue weighted by atomic mass is 10.1. The molecule has 0 aliphatic rings. The van der Waals surface area contributed by atoms with E-state index in [2.05, 4.69) is 18.6 Å². The molecule has 114 valence electrons. The number of nitrogen functional groups attached to an aromatic ring is 1. The Labute approximate surface area is 130 Å². The number of hydrogen-bond acceptors (Lipinski definition) is 3. The number of unbranched alkanes of at least 4 members (excludes halogenated alkanes) is 1. The van der Waals surface area contributed by atoms with Crippen LogP contribution in [0.3, 0.4) is 0 Å². The summed E-state index contributed by atoms with van der Waals surface area (Å²) in [6, 6.07) is 2.79. The Bertz CT molecular complexity index is 560. The van der Waals surface area contributed by atoms with Crippen LogP contribution in [0.15, 0.2) is 17.0 Å². The Morgan fingerprint density at radius 2 is 1.90 bits per heavy atom. The Hall–Kier alpha value is -0.490. The van der Waals surface area contributed by atoms with Gasteiger partial charge in [0.1, 0.15) is 4.90 Å². The molecule has 1 aromatic carbocycles. The summed E-state index contributed by atoms with van der Waals surface area (Å²) in [7, 11) is -3.65. The molecular weight excluding hydrogens is 319 g/mol. The second-order valence-electron chi connectivity index (χ2n) is 5.06. The van der Waals surface area contributed by atoms with Crippen molar-refractivity contribution in [3.63, 3.8) is 0 Å². The average molecular weight is 339 g/mol. The van der Waals surface area contributed by atoms with Crippen LogP contribution in [0.25, 0.3) is 0 Å². The predicted molar refractivity (Wildman–Crippen MR) is 84.8 cm³/mol. The molecule has 0 fully saturated rings. The van der Waals surface area contributed by atoms with Crippen LogP contribution in [0.1, 0.15) is 33.1 Å². The largest absolute Gasteiger partial charge is 0.396 e. The summed E-state index contributed by atoms with van der Waals surface area (Å²) in [5.74, 6) is 0.622. The number of anilines is 1. The number of nitrogens with two attached hydrogens (primary N) is 1. The molecule has 0 aromatic heterocycles. The van der Waals surface area contributed by atoms with E-state index in [1.165, 1.54) is 12.1 Å². The van der Waals surface area contributed by atoms with E-state index in [4.69, 9.17) is 28.9 Å². The molecule has 0 saturated heterocycles. The summed E-state index contributed by atoms with van der Waals surface area (Å²) >= 11 is 11.7. The van der Waals surface area contributed by atoms with Gasteiger partial charge >= 0.3 is 0 Å². The van der Waals surface area contributed by atoms with Crippen LogP contribution < -0.4 is 10.5 Å². The minimum absolute atomic E-state index is 0.0350. The van der Waals surface area contributed by atoms with Gasteiger partial charge in [-0.1, -0.05) is 49.9 Å². The molecule has 3 N–H and O–H groups in total. The first-order chi connectivity index (χ1) is 9.25. The van der Waals surface area contributed by atoms with Gasteiger partial charge < -0.3 is 5.73 Å². The smallest absolute Gasteiger partial charge is 0.242 e. The van der Waals surface area contributed by atoms with Crippen LogP contribution in [0.2, 0.25) is 10.0 Å². The molecule has 0 amide bonds. The van der Waals surface area contributed by atoms with Crippen LogP contribution in [0.4, 0.5) is 5.69 Å². The van der Waals surface area contributed by atoms with E-state index in [9.17, 15) is 8.42 Å². The molecule has 7 heteroatoms. The van der Waals surface area contributed by atoms with Crippen LogP contribution in [-0.4, -0.2) is 15.0 Å². The van der Waals surface area contributed by atoms with Crippen molar-refractivity contribution < 1.29 is 8.42 Å². The van der Waals surface area contributed by atoms with Crippen molar-refractivity contribution in [1.29, 1.82) is 0 Å². The minimum Gasteiger partial charge on any atom is -0.396 e. The second-order valence-corrected chi connectivity index (χ2v) is 7.58. The first kappa shape index (κ1) is 17.6. The van der Waals surface area contributed by atoms with Gasteiger partial charge in [0, 0.05) is 6.54 Å². The van der Waals surface area contributed by atoms with E-state index in [0.717, 1.165) is 19.3 Å². The second kappa shape index (κ2) is 7.50. The summed E-state index contributed by atoms with van der Waals surface area (Å²) < 4.78 is 26.8. The maximum atomic E-state index is 12.1. The van der Waals surface area contributed by atoms with Crippen LogP contribution in [0, 0.1) is 5.92 Å². The Morgan fingerprint density at radius 1 is 1.25 bits per heavy atom. The molecule has 0 spiro atoms. The van der Waals surface area contributed by atoms with Crippen molar-refractivity contribution in [2.45, 2.75) is 38.0 Å². The number of rotatable bonds is 7. The quantitative estimate of drug-likeness (QED) is 0.588. The third-order valence-electron chi connectivity index (χ3n) is 2.88. The van der Waals surface area contributed by atoms with E-state index < -0.39 is 10.0 Å². The fourth-order valence-corrected chi connectivity index (χ4v) is 3.56. The van der Waals surface area contributed by atoms with Crippen molar-refractivity contribution in [1.82, 2.24) is 4.72 Å². The summed E-state index contributed by atoms with van der Waals surface area (Å²) in [6.45, 7) is 4.66. The number of benzene rings is 1.